The standard InChI is InChI=1S/C21H26N6O4/c1-14-5-4-9-25(12-14)19-20-24-27(21(29)26(20)10-8-22-19)13-18(28)23-16-7-6-15(30-2)11-17(16)31-3/h6-8,10-11,14H,4-5,9,12-13H2,1-3H3,(H,23,28). The predicted octanol–water partition coefficient (Wildman–Crippen LogP) is 1.78. The van der Waals surface area contributed by atoms with Gasteiger partial charge in [-0.3, -0.25) is 4.79 Å². The van der Waals surface area contributed by atoms with E-state index in [0.717, 1.165) is 24.2 Å². The van der Waals surface area contributed by atoms with Crippen LogP contribution in [0.15, 0.2) is 35.4 Å². The molecule has 0 aliphatic carbocycles. The second-order valence-corrected chi connectivity index (χ2v) is 7.69. The third kappa shape index (κ3) is 4.18. The van der Waals surface area contributed by atoms with Gasteiger partial charge < -0.3 is 19.7 Å². The van der Waals surface area contributed by atoms with Gasteiger partial charge in [0, 0.05) is 31.5 Å². The van der Waals surface area contributed by atoms with Gasteiger partial charge in [-0.25, -0.2) is 18.9 Å². The van der Waals surface area contributed by atoms with E-state index < -0.39 is 5.91 Å². The van der Waals surface area contributed by atoms with Crippen molar-refractivity contribution in [3.05, 3.63) is 41.1 Å². The number of fused-ring (bicyclic) bond motifs is 1. The van der Waals surface area contributed by atoms with E-state index in [2.05, 4.69) is 27.2 Å². The van der Waals surface area contributed by atoms with Crippen LogP contribution in [0.3, 0.4) is 0 Å². The van der Waals surface area contributed by atoms with Crippen molar-refractivity contribution in [2.24, 2.45) is 5.92 Å². The lowest BCUT2D eigenvalue weighted by atomic mass is 10.0. The topological polar surface area (TPSA) is 103 Å². The Morgan fingerprint density at radius 1 is 1.29 bits per heavy atom. The first kappa shape index (κ1) is 20.7. The van der Waals surface area contributed by atoms with Gasteiger partial charge >= 0.3 is 5.69 Å². The van der Waals surface area contributed by atoms with Crippen LogP contribution in [0.5, 0.6) is 11.5 Å². The van der Waals surface area contributed by atoms with Crippen molar-refractivity contribution in [3.8, 4) is 11.5 Å². The third-order valence-electron chi connectivity index (χ3n) is 5.42. The molecule has 3 aromatic rings. The second-order valence-electron chi connectivity index (χ2n) is 7.69. The summed E-state index contributed by atoms with van der Waals surface area (Å²) in [5.74, 6) is 1.89. The van der Waals surface area contributed by atoms with Gasteiger partial charge in [0.15, 0.2) is 5.82 Å². The van der Waals surface area contributed by atoms with Crippen molar-refractivity contribution in [1.29, 1.82) is 0 Å². The molecule has 2 aromatic heterocycles. The zero-order chi connectivity index (χ0) is 22.0. The van der Waals surface area contributed by atoms with Crippen molar-refractivity contribution < 1.29 is 14.3 Å². The lowest BCUT2D eigenvalue weighted by Crippen LogP contribution is -2.35. The minimum absolute atomic E-state index is 0.231. The van der Waals surface area contributed by atoms with Crippen molar-refractivity contribution in [3.63, 3.8) is 0 Å². The molecule has 1 amide bonds. The molecule has 1 aliphatic rings. The summed E-state index contributed by atoms with van der Waals surface area (Å²) < 4.78 is 13.1. The number of methoxy groups -OCH3 is 2. The number of carbonyl (C=O) groups is 1. The van der Waals surface area contributed by atoms with Crippen molar-refractivity contribution in [2.45, 2.75) is 26.3 Å². The fraction of sp³-hybridized carbons (Fsp3) is 0.429. The van der Waals surface area contributed by atoms with Gasteiger partial charge in [-0.2, -0.15) is 0 Å². The van der Waals surface area contributed by atoms with E-state index in [-0.39, 0.29) is 12.2 Å². The molecule has 10 heteroatoms. The van der Waals surface area contributed by atoms with Gasteiger partial charge in [0.25, 0.3) is 0 Å². The number of hydrogen-bond acceptors (Lipinski definition) is 7. The Morgan fingerprint density at radius 3 is 2.87 bits per heavy atom. The average molecular weight is 426 g/mol. The van der Waals surface area contributed by atoms with Crippen LogP contribution in [0, 0.1) is 5.92 Å². The zero-order valence-corrected chi connectivity index (χ0v) is 17.9. The number of hydrogen-bond donors (Lipinski definition) is 1. The first-order valence-corrected chi connectivity index (χ1v) is 10.2. The quantitative estimate of drug-likeness (QED) is 0.641. The highest BCUT2D eigenvalue weighted by Crippen LogP contribution is 2.29. The molecule has 3 heterocycles. The Labute approximate surface area is 179 Å². The molecular formula is C21H26N6O4. The van der Waals surface area contributed by atoms with Gasteiger partial charge in [0.05, 0.1) is 19.9 Å². The Bertz CT molecular complexity index is 1150. The molecule has 31 heavy (non-hydrogen) atoms. The molecule has 4 rings (SSSR count). The number of amides is 1. The average Bonchev–Trinajstić information content (AvgIpc) is 3.09. The van der Waals surface area contributed by atoms with Crippen molar-refractivity contribution in [2.75, 3.05) is 37.5 Å². The number of anilines is 2. The van der Waals surface area contributed by atoms with E-state index in [1.54, 1.807) is 37.7 Å². The first-order valence-electron chi connectivity index (χ1n) is 10.2. The maximum atomic E-state index is 12.8. The molecule has 1 fully saturated rings. The number of rotatable bonds is 6. The Balaban J connectivity index is 1.58. The lowest BCUT2D eigenvalue weighted by Gasteiger charge is -2.31. The van der Waals surface area contributed by atoms with Crippen LogP contribution in [0.1, 0.15) is 19.8 Å². The van der Waals surface area contributed by atoms with E-state index in [9.17, 15) is 9.59 Å². The second kappa shape index (κ2) is 8.66. The predicted molar refractivity (Wildman–Crippen MR) is 116 cm³/mol. The molecule has 1 aliphatic heterocycles. The molecule has 164 valence electrons. The highest BCUT2D eigenvalue weighted by Gasteiger charge is 2.22. The molecule has 0 radical (unpaired) electrons. The summed E-state index contributed by atoms with van der Waals surface area (Å²) in [6, 6.07) is 5.07. The van der Waals surface area contributed by atoms with E-state index in [4.69, 9.17) is 9.47 Å². The van der Waals surface area contributed by atoms with E-state index in [0.29, 0.717) is 34.6 Å². The number of piperidine rings is 1. The molecule has 1 unspecified atom stereocenters. The molecule has 1 aromatic carbocycles. The summed E-state index contributed by atoms with van der Waals surface area (Å²) >= 11 is 0. The number of benzene rings is 1. The van der Waals surface area contributed by atoms with E-state index >= 15 is 0 Å². The SMILES string of the molecule is COc1ccc(NC(=O)Cn2nc3c(N4CCCC(C)C4)nccn3c2=O)c(OC)c1. The smallest absolute Gasteiger partial charge is 0.350 e. The van der Waals surface area contributed by atoms with Crippen LogP contribution in [-0.4, -0.2) is 52.4 Å². The Morgan fingerprint density at radius 2 is 2.13 bits per heavy atom. The summed E-state index contributed by atoms with van der Waals surface area (Å²) in [6.45, 7) is 3.71. The molecular weight excluding hydrogens is 400 g/mol. The van der Waals surface area contributed by atoms with Crippen LogP contribution in [0.25, 0.3) is 5.65 Å². The number of carbonyl (C=O) groups excluding carboxylic acids is 1. The highest BCUT2D eigenvalue weighted by molar-refractivity contribution is 5.92. The van der Waals surface area contributed by atoms with Crippen molar-refractivity contribution in [1.82, 2.24) is 19.2 Å². The normalized spacial score (nSPS) is 16.4. The summed E-state index contributed by atoms with van der Waals surface area (Å²) in [6.07, 6.45) is 5.41. The fourth-order valence-electron chi connectivity index (χ4n) is 3.87. The summed E-state index contributed by atoms with van der Waals surface area (Å²) in [7, 11) is 3.06. The first-order chi connectivity index (χ1) is 15.0. The van der Waals surface area contributed by atoms with E-state index in [1.807, 2.05) is 0 Å². The van der Waals surface area contributed by atoms with Gasteiger partial charge in [-0.05, 0) is 30.9 Å². The lowest BCUT2D eigenvalue weighted by molar-refractivity contribution is -0.117. The largest absolute Gasteiger partial charge is 0.497 e. The number of ether oxygens (including phenoxy) is 2. The monoisotopic (exact) mass is 426 g/mol. The summed E-state index contributed by atoms with van der Waals surface area (Å²) in [5.41, 5.74) is 0.548. The van der Waals surface area contributed by atoms with Crippen molar-refractivity contribution >= 4 is 23.1 Å². The Kier molecular flexibility index (Phi) is 5.79. The molecule has 0 saturated carbocycles. The summed E-state index contributed by atoms with van der Waals surface area (Å²) in [4.78, 5) is 32.1. The van der Waals surface area contributed by atoms with Gasteiger partial charge in [0.2, 0.25) is 11.6 Å². The van der Waals surface area contributed by atoms with Gasteiger partial charge in [0.1, 0.15) is 18.0 Å². The van der Waals surface area contributed by atoms with Gasteiger partial charge in [-0.15, -0.1) is 5.10 Å². The number of nitrogens with one attached hydrogen (secondary N) is 1. The molecule has 0 bridgehead atoms. The molecule has 1 saturated heterocycles. The third-order valence-corrected chi connectivity index (χ3v) is 5.42. The molecule has 1 N–H and O–H groups in total. The van der Waals surface area contributed by atoms with Crippen LogP contribution in [-0.2, 0) is 11.3 Å². The number of aromatic nitrogens is 4. The van der Waals surface area contributed by atoms with Crippen LogP contribution < -0.4 is 25.4 Å². The Hall–Kier alpha value is -3.56. The summed E-state index contributed by atoms with van der Waals surface area (Å²) in [5, 5.41) is 7.18. The highest BCUT2D eigenvalue weighted by atomic mass is 16.5. The number of nitrogens with zero attached hydrogens (tertiary/aromatic N) is 5. The van der Waals surface area contributed by atoms with Crippen LogP contribution in [0.2, 0.25) is 0 Å². The van der Waals surface area contributed by atoms with Gasteiger partial charge in [-0.1, -0.05) is 6.92 Å². The fourth-order valence-corrected chi connectivity index (χ4v) is 3.87. The molecule has 1 atom stereocenters. The minimum atomic E-state index is -0.393. The molecule has 10 nitrogen and oxygen atoms in total. The minimum Gasteiger partial charge on any atom is -0.497 e. The maximum Gasteiger partial charge on any atom is 0.350 e. The zero-order valence-electron chi connectivity index (χ0n) is 17.9. The molecule has 0 spiro atoms. The van der Waals surface area contributed by atoms with Crippen LogP contribution >= 0.6 is 0 Å². The maximum absolute atomic E-state index is 12.8. The van der Waals surface area contributed by atoms with Crippen LogP contribution in [0.4, 0.5) is 11.5 Å². The van der Waals surface area contributed by atoms with E-state index in [1.165, 1.54) is 17.9 Å².